The van der Waals surface area contributed by atoms with Crippen LogP contribution in [0.1, 0.15) is 77.7 Å². The second-order valence-electron chi connectivity index (χ2n) is 7.48. The fourth-order valence-electron chi connectivity index (χ4n) is 4.16. The normalized spacial score (nSPS) is 27.8. The Bertz CT molecular complexity index is 386. The van der Waals surface area contributed by atoms with Crippen molar-refractivity contribution >= 4 is 0 Å². The molecule has 0 nitrogen and oxygen atoms in total. The third kappa shape index (κ3) is 3.65. The maximum absolute atomic E-state index is 2.55. The molecule has 0 amide bonds. The highest BCUT2D eigenvalue weighted by Gasteiger charge is 2.35. The lowest BCUT2D eigenvalue weighted by Gasteiger charge is -2.42. The molecule has 0 saturated heterocycles. The first-order chi connectivity index (χ1) is 9.55. The largest absolute Gasteiger partial charge is 0.0649 e. The number of hydrogen-bond donors (Lipinski definition) is 0. The van der Waals surface area contributed by atoms with Crippen LogP contribution in [0.2, 0.25) is 0 Å². The lowest BCUT2D eigenvalue weighted by atomic mass is 9.63. The third-order valence-corrected chi connectivity index (χ3v) is 5.95. The zero-order valence-corrected chi connectivity index (χ0v) is 13.9. The molecule has 1 fully saturated rings. The highest BCUT2D eigenvalue weighted by molar-refractivity contribution is 5.19. The van der Waals surface area contributed by atoms with E-state index in [9.17, 15) is 0 Å². The van der Waals surface area contributed by atoms with E-state index in [-0.39, 0.29) is 0 Å². The van der Waals surface area contributed by atoms with Gasteiger partial charge in [0.05, 0.1) is 0 Å². The van der Waals surface area contributed by atoms with Gasteiger partial charge in [-0.1, -0.05) is 77.3 Å². The molecule has 0 spiro atoms. The van der Waals surface area contributed by atoms with Crippen molar-refractivity contribution in [3.8, 4) is 0 Å². The lowest BCUT2D eigenvalue weighted by Crippen LogP contribution is -2.31. The van der Waals surface area contributed by atoms with Crippen molar-refractivity contribution in [1.29, 1.82) is 0 Å². The molecule has 2 atom stereocenters. The quantitative estimate of drug-likeness (QED) is 0.580. The van der Waals surface area contributed by atoms with Gasteiger partial charge in [0.15, 0.2) is 0 Å². The average molecular weight is 272 g/mol. The van der Waals surface area contributed by atoms with Crippen molar-refractivity contribution in [2.45, 2.75) is 72.1 Å². The predicted molar refractivity (Wildman–Crippen MR) is 89.0 cm³/mol. The average Bonchev–Trinajstić information content (AvgIpc) is 2.48. The summed E-state index contributed by atoms with van der Waals surface area (Å²) < 4.78 is 0. The monoisotopic (exact) mass is 272 g/mol. The first kappa shape index (κ1) is 15.6. The summed E-state index contributed by atoms with van der Waals surface area (Å²) in [4.78, 5) is 0. The molecule has 0 aromatic heterocycles. The van der Waals surface area contributed by atoms with Gasteiger partial charge in [-0.15, -0.1) is 0 Å². The van der Waals surface area contributed by atoms with Crippen LogP contribution >= 0.6 is 0 Å². The van der Waals surface area contributed by atoms with Crippen LogP contribution < -0.4 is 0 Å². The first-order valence-electron chi connectivity index (χ1n) is 8.60. The number of benzene rings is 1. The molecular formula is C20H32. The van der Waals surface area contributed by atoms with Crippen LogP contribution in [-0.4, -0.2) is 0 Å². The zero-order chi connectivity index (χ0) is 14.6. The highest BCUT2D eigenvalue weighted by atomic mass is 14.4. The minimum Gasteiger partial charge on any atom is -0.0649 e. The van der Waals surface area contributed by atoms with E-state index >= 15 is 0 Å². The van der Waals surface area contributed by atoms with Crippen molar-refractivity contribution in [3.63, 3.8) is 0 Å². The Hall–Kier alpha value is -0.780. The van der Waals surface area contributed by atoms with Crippen LogP contribution in [0.4, 0.5) is 0 Å². The Morgan fingerprint density at radius 1 is 1.10 bits per heavy atom. The maximum Gasteiger partial charge on any atom is -0.0185 e. The molecule has 0 heterocycles. The molecule has 1 aromatic rings. The molecule has 1 saturated carbocycles. The van der Waals surface area contributed by atoms with Crippen LogP contribution in [0.25, 0.3) is 0 Å². The smallest absolute Gasteiger partial charge is 0.0185 e. The van der Waals surface area contributed by atoms with Crippen LogP contribution in [0.3, 0.4) is 0 Å². The van der Waals surface area contributed by atoms with Crippen LogP contribution in [0, 0.1) is 17.3 Å². The van der Waals surface area contributed by atoms with Gasteiger partial charge in [0, 0.05) is 0 Å². The summed E-state index contributed by atoms with van der Waals surface area (Å²) >= 11 is 0. The Kier molecular flexibility index (Phi) is 5.29. The summed E-state index contributed by atoms with van der Waals surface area (Å²) in [7, 11) is 0. The predicted octanol–water partition coefficient (Wildman–Crippen LogP) is 6.42. The Labute approximate surface area is 126 Å². The first-order valence-corrected chi connectivity index (χ1v) is 8.60. The number of rotatable bonds is 5. The molecule has 0 heteroatoms. The number of hydrogen-bond acceptors (Lipinski definition) is 0. The molecule has 1 aliphatic carbocycles. The molecule has 112 valence electrons. The summed E-state index contributed by atoms with van der Waals surface area (Å²) in [5, 5.41) is 0. The molecule has 0 radical (unpaired) electrons. The molecule has 20 heavy (non-hydrogen) atoms. The third-order valence-electron chi connectivity index (χ3n) is 5.95. The van der Waals surface area contributed by atoms with E-state index in [0.717, 1.165) is 11.8 Å². The van der Waals surface area contributed by atoms with Gasteiger partial charge in [-0.2, -0.15) is 0 Å². The lowest BCUT2D eigenvalue weighted by molar-refractivity contribution is 0.0969. The summed E-state index contributed by atoms with van der Waals surface area (Å²) in [5.41, 5.74) is 2.03. The van der Waals surface area contributed by atoms with E-state index in [1.165, 1.54) is 44.1 Å². The Balaban J connectivity index is 2.03. The minimum atomic E-state index is 0.523. The molecule has 0 aliphatic heterocycles. The van der Waals surface area contributed by atoms with Gasteiger partial charge in [-0.25, -0.2) is 0 Å². The summed E-state index contributed by atoms with van der Waals surface area (Å²) in [6.07, 6.45) is 8.45. The topological polar surface area (TPSA) is 0 Å². The molecule has 0 N–H and O–H groups in total. The SMILES string of the molecule is CCC(C)(CC(C)c1ccccc1)C1CCC(C)CC1. The van der Waals surface area contributed by atoms with E-state index in [4.69, 9.17) is 0 Å². The van der Waals surface area contributed by atoms with Crippen molar-refractivity contribution in [3.05, 3.63) is 35.9 Å². The van der Waals surface area contributed by atoms with Gasteiger partial charge in [0.1, 0.15) is 0 Å². The summed E-state index contributed by atoms with van der Waals surface area (Å²) in [5.74, 6) is 2.58. The fraction of sp³-hybridized carbons (Fsp3) is 0.700. The van der Waals surface area contributed by atoms with E-state index in [1.54, 1.807) is 0 Å². The molecule has 2 rings (SSSR count). The van der Waals surface area contributed by atoms with Crippen LogP contribution in [-0.2, 0) is 0 Å². The Morgan fingerprint density at radius 2 is 1.70 bits per heavy atom. The van der Waals surface area contributed by atoms with Crippen LogP contribution in [0.15, 0.2) is 30.3 Å². The van der Waals surface area contributed by atoms with Gasteiger partial charge in [-0.3, -0.25) is 0 Å². The second kappa shape index (κ2) is 6.78. The molecule has 1 aliphatic rings. The van der Waals surface area contributed by atoms with E-state index in [2.05, 4.69) is 58.0 Å². The van der Waals surface area contributed by atoms with Gasteiger partial charge in [-0.05, 0) is 48.0 Å². The van der Waals surface area contributed by atoms with Crippen molar-refractivity contribution in [2.75, 3.05) is 0 Å². The van der Waals surface area contributed by atoms with Crippen molar-refractivity contribution < 1.29 is 0 Å². The van der Waals surface area contributed by atoms with Crippen molar-refractivity contribution in [2.24, 2.45) is 17.3 Å². The second-order valence-corrected chi connectivity index (χ2v) is 7.48. The van der Waals surface area contributed by atoms with Gasteiger partial charge in [0.25, 0.3) is 0 Å². The van der Waals surface area contributed by atoms with E-state index in [0.29, 0.717) is 11.3 Å². The molecule has 2 unspecified atom stereocenters. The van der Waals surface area contributed by atoms with Crippen molar-refractivity contribution in [1.82, 2.24) is 0 Å². The van der Waals surface area contributed by atoms with Gasteiger partial charge < -0.3 is 0 Å². The van der Waals surface area contributed by atoms with E-state index < -0.39 is 0 Å². The van der Waals surface area contributed by atoms with Gasteiger partial charge in [0.2, 0.25) is 0 Å². The summed E-state index contributed by atoms with van der Waals surface area (Å²) in [6.45, 7) is 9.78. The maximum atomic E-state index is 2.55. The zero-order valence-electron chi connectivity index (χ0n) is 13.9. The molecular weight excluding hydrogens is 240 g/mol. The van der Waals surface area contributed by atoms with Crippen LogP contribution in [0.5, 0.6) is 0 Å². The minimum absolute atomic E-state index is 0.523. The Morgan fingerprint density at radius 3 is 2.25 bits per heavy atom. The fourth-order valence-corrected chi connectivity index (χ4v) is 4.16. The highest BCUT2D eigenvalue weighted by Crippen LogP contribution is 2.47. The summed E-state index contributed by atoms with van der Waals surface area (Å²) in [6, 6.07) is 11.1. The molecule has 1 aromatic carbocycles. The standard InChI is InChI=1S/C20H32/c1-5-20(4,19-13-11-16(2)12-14-19)15-17(3)18-9-7-6-8-10-18/h6-10,16-17,19H,5,11-15H2,1-4H3. The molecule has 0 bridgehead atoms. The van der Waals surface area contributed by atoms with E-state index in [1.807, 2.05) is 0 Å². The van der Waals surface area contributed by atoms with Gasteiger partial charge >= 0.3 is 0 Å².